The number of phenols is 1. The van der Waals surface area contributed by atoms with E-state index in [0.29, 0.717) is 5.75 Å². The Morgan fingerprint density at radius 3 is 1.25 bits per heavy atom. The maximum atomic E-state index is 9.33. The lowest BCUT2D eigenvalue weighted by Crippen LogP contribution is -2.02. The third-order valence-corrected chi connectivity index (χ3v) is 6.62. The molecule has 0 aromatic heterocycles. The molecule has 2 aromatic rings. The zero-order valence-corrected chi connectivity index (χ0v) is 24.5. The van der Waals surface area contributed by atoms with E-state index in [9.17, 15) is 5.11 Å². The molecule has 2 rings (SSSR count). The van der Waals surface area contributed by atoms with Crippen molar-refractivity contribution in [2.75, 3.05) is 13.2 Å². The predicted octanol–water partition coefficient (Wildman–Crippen LogP) is 10.1. The average Bonchev–Trinajstić information content (AvgIpc) is 2.84. The molecule has 0 saturated carbocycles. The molecular weight excluding hydrogens is 444 g/mol. The highest BCUT2D eigenvalue weighted by molar-refractivity contribution is 5.45. The number of aryl methyl sites for hydroxylation is 5. The van der Waals surface area contributed by atoms with Crippen LogP contribution in [0.5, 0.6) is 17.2 Å². The van der Waals surface area contributed by atoms with Gasteiger partial charge in [-0.1, -0.05) is 95.8 Å². The van der Waals surface area contributed by atoms with E-state index in [2.05, 4.69) is 39.8 Å². The lowest BCUT2D eigenvalue weighted by Gasteiger charge is -2.14. The van der Waals surface area contributed by atoms with E-state index < -0.39 is 0 Å². The molecule has 0 saturated heterocycles. The third kappa shape index (κ3) is 13.2. The van der Waals surface area contributed by atoms with Crippen LogP contribution >= 0.6 is 0 Å². The van der Waals surface area contributed by atoms with Gasteiger partial charge in [0.25, 0.3) is 0 Å². The van der Waals surface area contributed by atoms with Crippen molar-refractivity contribution < 1.29 is 14.6 Å². The zero-order valence-electron chi connectivity index (χ0n) is 24.5. The highest BCUT2D eigenvalue weighted by Gasteiger charge is 2.07. The fourth-order valence-electron chi connectivity index (χ4n) is 4.38. The van der Waals surface area contributed by atoms with Crippen molar-refractivity contribution in [3.63, 3.8) is 0 Å². The monoisotopic (exact) mass is 498 g/mol. The van der Waals surface area contributed by atoms with E-state index in [0.717, 1.165) is 48.7 Å². The Hall–Kier alpha value is -2.16. The standard InChI is InChI=1S/C24H42O2.C9H12O/c1-5-7-9-11-13-15-17-25-23-19-22(4)24(20-21(23)3)26-18-16-14-12-10-8-6-2;1-6-4-7(2)9(10)8(3)5-6/h19-20H,5-18H2,1-4H3;4-5,10H,1-3H3. The van der Waals surface area contributed by atoms with Crippen molar-refractivity contribution in [3.8, 4) is 17.2 Å². The normalized spacial score (nSPS) is 10.6. The van der Waals surface area contributed by atoms with Gasteiger partial charge in [0.1, 0.15) is 17.2 Å². The summed E-state index contributed by atoms with van der Waals surface area (Å²) < 4.78 is 12.0. The van der Waals surface area contributed by atoms with Crippen LogP contribution < -0.4 is 9.47 Å². The molecule has 0 spiro atoms. The molecule has 36 heavy (non-hydrogen) atoms. The fraction of sp³-hybridized carbons (Fsp3) is 0.636. The van der Waals surface area contributed by atoms with Gasteiger partial charge >= 0.3 is 0 Å². The van der Waals surface area contributed by atoms with Gasteiger partial charge in [0.15, 0.2) is 0 Å². The van der Waals surface area contributed by atoms with Gasteiger partial charge in [-0.05, 0) is 81.8 Å². The first kappa shape index (κ1) is 31.9. The topological polar surface area (TPSA) is 38.7 Å². The molecule has 0 aliphatic carbocycles. The molecule has 0 atom stereocenters. The van der Waals surface area contributed by atoms with Gasteiger partial charge < -0.3 is 14.6 Å². The Morgan fingerprint density at radius 2 is 0.861 bits per heavy atom. The number of unbranched alkanes of at least 4 members (excludes halogenated alkanes) is 10. The molecule has 0 bridgehead atoms. The summed E-state index contributed by atoms with van der Waals surface area (Å²) in [6, 6.07) is 8.23. The van der Waals surface area contributed by atoms with E-state index in [1.807, 2.05) is 32.9 Å². The van der Waals surface area contributed by atoms with Crippen molar-refractivity contribution in [2.24, 2.45) is 0 Å². The maximum absolute atomic E-state index is 9.33. The van der Waals surface area contributed by atoms with Gasteiger partial charge in [-0.2, -0.15) is 0 Å². The van der Waals surface area contributed by atoms with Crippen molar-refractivity contribution in [3.05, 3.63) is 52.1 Å². The van der Waals surface area contributed by atoms with Gasteiger partial charge in [-0.15, -0.1) is 0 Å². The van der Waals surface area contributed by atoms with Crippen LogP contribution in [-0.4, -0.2) is 18.3 Å². The lowest BCUT2D eigenvalue weighted by atomic mass is 10.1. The SMILES string of the molecule is CCCCCCCCOc1cc(C)c(OCCCCCCCC)cc1C.Cc1cc(C)c(O)c(C)c1. The smallest absolute Gasteiger partial charge is 0.122 e. The van der Waals surface area contributed by atoms with Crippen molar-refractivity contribution in [2.45, 2.75) is 126 Å². The summed E-state index contributed by atoms with van der Waals surface area (Å²) >= 11 is 0. The molecule has 3 heteroatoms. The molecule has 1 N–H and O–H groups in total. The van der Waals surface area contributed by atoms with Crippen LogP contribution in [0.1, 0.15) is 119 Å². The quantitative estimate of drug-likeness (QED) is 0.234. The minimum absolute atomic E-state index is 0.422. The van der Waals surface area contributed by atoms with E-state index in [1.54, 1.807) is 0 Å². The average molecular weight is 499 g/mol. The highest BCUT2D eigenvalue weighted by atomic mass is 16.5. The number of hydrogen-bond donors (Lipinski definition) is 1. The van der Waals surface area contributed by atoms with Crippen molar-refractivity contribution in [1.29, 1.82) is 0 Å². The summed E-state index contributed by atoms with van der Waals surface area (Å²) in [5.74, 6) is 2.46. The minimum atomic E-state index is 0.422. The summed E-state index contributed by atoms with van der Waals surface area (Å²) in [7, 11) is 0. The Morgan fingerprint density at radius 1 is 0.500 bits per heavy atom. The summed E-state index contributed by atoms with van der Waals surface area (Å²) in [5.41, 5.74) is 5.47. The van der Waals surface area contributed by atoms with Gasteiger partial charge in [0, 0.05) is 0 Å². The number of ether oxygens (including phenoxy) is 2. The van der Waals surface area contributed by atoms with E-state index >= 15 is 0 Å². The molecule has 0 amide bonds. The number of phenolic OH excluding ortho intramolecular Hbond substituents is 1. The molecule has 0 aliphatic rings. The third-order valence-electron chi connectivity index (χ3n) is 6.62. The molecule has 0 heterocycles. The second-order valence-electron chi connectivity index (χ2n) is 10.4. The van der Waals surface area contributed by atoms with Crippen LogP contribution in [0.25, 0.3) is 0 Å². The predicted molar refractivity (Wildman–Crippen MR) is 156 cm³/mol. The molecule has 3 nitrogen and oxygen atoms in total. The first-order valence-electron chi connectivity index (χ1n) is 14.4. The number of rotatable bonds is 16. The maximum Gasteiger partial charge on any atom is 0.122 e. The largest absolute Gasteiger partial charge is 0.507 e. The van der Waals surface area contributed by atoms with Gasteiger partial charge in [-0.3, -0.25) is 0 Å². The first-order chi connectivity index (χ1) is 17.3. The van der Waals surface area contributed by atoms with Crippen molar-refractivity contribution >= 4 is 0 Å². The van der Waals surface area contributed by atoms with Gasteiger partial charge in [0.2, 0.25) is 0 Å². The molecule has 2 aromatic carbocycles. The second kappa shape index (κ2) is 19.0. The molecular formula is C33H54O3. The van der Waals surface area contributed by atoms with E-state index in [4.69, 9.17) is 9.47 Å². The van der Waals surface area contributed by atoms with Crippen LogP contribution in [0.2, 0.25) is 0 Å². The molecule has 0 unspecified atom stereocenters. The van der Waals surface area contributed by atoms with Gasteiger partial charge in [0.05, 0.1) is 13.2 Å². The molecule has 0 fully saturated rings. The molecule has 0 aliphatic heterocycles. The summed E-state index contributed by atoms with van der Waals surface area (Å²) in [6.45, 7) is 16.3. The van der Waals surface area contributed by atoms with Gasteiger partial charge in [-0.25, -0.2) is 0 Å². The Labute approximate surface area is 222 Å². The van der Waals surface area contributed by atoms with Crippen LogP contribution in [0.3, 0.4) is 0 Å². The lowest BCUT2D eigenvalue weighted by molar-refractivity contribution is 0.293. The van der Waals surface area contributed by atoms with Crippen LogP contribution in [0, 0.1) is 34.6 Å². The van der Waals surface area contributed by atoms with E-state index in [-0.39, 0.29) is 0 Å². The van der Waals surface area contributed by atoms with E-state index in [1.165, 1.54) is 80.9 Å². The molecule has 0 radical (unpaired) electrons. The second-order valence-corrected chi connectivity index (χ2v) is 10.4. The Balaban J connectivity index is 0.000000537. The zero-order chi connectivity index (χ0) is 26.8. The van der Waals surface area contributed by atoms with Crippen molar-refractivity contribution in [1.82, 2.24) is 0 Å². The highest BCUT2D eigenvalue weighted by Crippen LogP contribution is 2.28. The summed E-state index contributed by atoms with van der Waals surface area (Å²) in [5, 5.41) is 9.33. The van der Waals surface area contributed by atoms with Crippen LogP contribution in [0.15, 0.2) is 24.3 Å². The number of aromatic hydroxyl groups is 1. The number of hydrogen-bond acceptors (Lipinski definition) is 3. The minimum Gasteiger partial charge on any atom is -0.507 e. The first-order valence-corrected chi connectivity index (χ1v) is 14.4. The van der Waals surface area contributed by atoms with Crippen LogP contribution in [0.4, 0.5) is 0 Å². The molecule has 204 valence electrons. The Kier molecular flexibility index (Phi) is 16.8. The fourth-order valence-corrected chi connectivity index (χ4v) is 4.38. The van der Waals surface area contributed by atoms with Crippen LogP contribution in [-0.2, 0) is 0 Å². The Bertz CT molecular complexity index is 789. The summed E-state index contributed by atoms with van der Waals surface area (Å²) in [6.07, 6.45) is 15.6. The number of benzene rings is 2. The summed E-state index contributed by atoms with van der Waals surface area (Å²) in [4.78, 5) is 0.